The van der Waals surface area contributed by atoms with Crippen molar-refractivity contribution in [2.45, 2.75) is 51.0 Å². The normalized spacial score (nSPS) is 18.9. The molecule has 0 unspecified atom stereocenters. The van der Waals surface area contributed by atoms with E-state index in [4.69, 9.17) is 19.9 Å². The summed E-state index contributed by atoms with van der Waals surface area (Å²) in [7, 11) is 0. The highest BCUT2D eigenvalue weighted by Gasteiger charge is 2.20. The average Bonchev–Trinajstić information content (AvgIpc) is 2.74. The second kappa shape index (κ2) is 6.35. The zero-order valence-corrected chi connectivity index (χ0v) is 11.9. The van der Waals surface area contributed by atoms with Gasteiger partial charge in [-0.05, 0) is 50.3 Å². The molecule has 1 aliphatic heterocycles. The molecular formula is C16H23NO3. The van der Waals surface area contributed by atoms with Crippen molar-refractivity contribution in [3.63, 3.8) is 0 Å². The third-order valence-electron chi connectivity index (χ3n) is 4.07. The van der Waals surface area contributed by atoms with E-state index in [0.29, 0.717) is 19.4 Å². The van der Waals surface area contributed by atoms with Gasteiger partial charge in [-0.15, -0.1) is 0 Å². The van der Waals surface area contributed by atoms with Gasteiger partial charge >= 0.3 is 0 Å². The summed E-state index contributed by atoms with van der Waals surface area (Å²) >= 11 is 0. The van der Waals surface area contributed by atoms with Crippen molar-refractivity contribution in [1.29, 1.82) is 0 Å². The SMILES string of the molecule is NCCc1cc2c(cc1OC1CCCCCC1)OCO2. The van der Waals surface area contributed by atoms with Crippen molar-refractivity contribution in [1.82, 2.24) is 0 Å². The molecule has 2 aliphatic rings. The molecule has 0 spiro atoms. The highest BCUT2D eigenvalue weighted by molar-refractivity contribution is 5.52. The summed E-state index contributed by atoms with van der Waals surface area (Å²) in [5.41, 5.74) is 6.83. The first-order chi connectivity index (χ1) is 9.86. The minimum atomic E-state index is 0.296. The van der Waals surface area contributed by atoms with Crippen LogP contribution in [0, 0.1) is 0 Å². The molecule has 1 saturated carbocycles. The van der Waals surface area contributed by atoms with Gasteiger partial charge in [-0.2, -0.15) is 0 Å². The van der Waals surface area contributed by atoms with Crippen LogP contribution < -0.4 is 19.9 Å². The minimum absolute atomic E-state index is 0.296. The number of ether oxygens (including phenoxy) is 3. The fourth-order valence-electron chi connectivity index (χ4n) is 2.97. The van der Waals surface area contributed by atoms with E-state index in [2.05, 4.69) is 0 Å². The molecule has 110 valence electrons. The maximum atomic E-state index is 6.25. The third-order valence-corrected chi connectivity index (χ3v) is 4.07. The highest BCUT2D eigenvalue weighted by Crippen LogP contribution is 2.39. The maximum Gasteiger partial charge on any atom is 0.231 e. The largest absolute Gasteiger partial charge is 0.490 e. The van der Waals surface area contributed by atoms with Gasteiger partial charge in [0.1, 0.15) is 5.75 Å². The predicted molar refractivity (Wildman–Crippen MR) is 77.4 cm³/mol. The first-order valence-corrected chi connectivity index (χ1v) is 7.66. The van der Waals surface area contributed by atoms with Gasteiger partial charge in [0.05, 0.1) is 6.10 Å². The predicted octanol–water partition coefficient (Wildman–Crippen LogP) is 3.02. The Morgan fingerprint density at radius 2 is 1.75 bits per heavy atom. The quantitative estimate of drug-likeness (QED) is 0.860. The van der Waals surface area contributed by atoms with Crippen molar-refractivity contribution in [2.75, 3.05) is 13.3 Å². The van der Waals surface area contributed by atoms with Crippen molar-refractivity contribution in [3.05, 3.63) is 17.7 Å². The van der Waals surface area contributed by atoms with Gasteiger partial charge in [-0.25, -0.2) is 0 Å². The van der Waals surface area contributed by atoms with Gasteiger partial charge in [0, 0.05) is 6.07 Å². The van der Waals surface area contributed by atoms with Crippen LogP contribution in [0.4, 0.5) is 0 Å². The average molecular weight is 277 g/mol. The molecule has 0 aromatic heterocycles. The lowest BCUT2D eigenvalue weighted by atomic mass is 10.1. The van der Waals surface area contributed by atoms with Crippen molar-refractivity contribution in [2.24, 2.45) is 5.73 Å². The maximum absolute atomic E-state index is 6.25. The number of benzene rings is 1. The van der Waals surface area contributed by atoms with Gasteiger partial charge in [0.2, 0.25) is 6.79 Å². The number of rotatable bonds is 4. The zero-order valence-electron chi connectivity index (χ0n) is 11.9. The Labute approximate surface area is 120 Å². The zero-order chi connectivity index (χ0) is 13.8. The van der Waals surface area contributed by atoms with Crippen molar-refractivity contribution < 1.29 is 14.2 Å². The molecule has 4 nitrogen and oxygen atoms in total. The lowest BCUT2D eigenvalue weighted by molar-refractivity contribution is 0.172. The molecule has 1 heterocycles. The fourth-order valence-corrected chi connectivity index (χ4v) is 2.97. The summed E-state index contributed by atoms with van der Waals surface area (Å²) in [6.07, 6.45) is 8.62. The van der Waals surface area contributed by atoms with Crippen LogP contribution in [0.5, 0.6) is 17.2 Å². The summed E-state index contributed by atoms with van der Waals surface area (Å²) in [6.45, 7) is 0.908. The molecule has 0 saturated heterocycles. The van der Waals surface area contributed by atoms with Crippen LogP contribution in [0.25, 0.3) is 0 Å². The van der Waals surface area contributed by atoms with Gasteiger partial charge in [-0.3, -0.25) is 0 Å². The van der Waals surface area contributed by atoms with Crippen LogP contribution in [0.15, 0.2) is 12.1 Å². The molecule has 0 amide bonds. The van der Waals surface area contributed by atoms with Crippen LogP contribution in [0.3, 0.4) is 0 Å². The molecule has 4 heteroatoms. The van der Waals surface area contributed by atoms with Crippen LogP contribution in [0.2, 0.25) is 0 Å². The number of fused-ring (bicyclic) bond motifs is 1. The molecule has 0 radical (unpaired) electrons. The lowest BCUT2D eigenvalue weighted by Crippen LogP contribution is -2.16. The van der Waals surface area contributed by atoms with E-state index < -0.39 is 0 Å². The number of hydrogen-bond donors (Lipinski definition) is 1. The lowest BCUT2D eigenvalue weighted by Gasteiger charge is -2.19. The highest BCUT2D eigenvalue weighted by atomic mass is 16.7. The molecule has 1 aliphatic carbocycles. The Morgan fingerprint density at radius 3 is 2.45 bits per heavy atom. The molecule has 1 aromatic carbocycles. The molecule has 2 N–H and O–H groups in total. The molecule has 1 aromatic rings. The van der Waals surface area contributed by atoms with Crippen molar-refractivity contribution in [3.8, 4) is 17.2 Å². The van der Waals surface area contributed by atoms with Gasteiger partial charge in [0.15, 0.2) is 11.5 Å². The first-order valence-electron chi connectivity index (χ1n) is 7.66. The Bertz CT molecular complexity index is 453. The van der Waals surface area contributed by atoms with Crippen LogP contribution in [-0.2, 0) is 6.42 Å². The van der Waals surface area contributed by atoms with E-state index in [0.717, 1.165) is 42.1 Å². The Morgan fingerprint density at radius 1 is 1.05 bits per heavy atom. The molecule has 20 heavy (non-hydrogen) atoms. The monoisotopic (exact) mass is 277 g/mol. The number of hydrogen-bond acceptors (Lipinski definition) is 4. The summed E-state index contributed by atoms with van der Waals surface area (Å²) in [4.78, 5) is 0. The van der Waals surface area contributed by atoms with Crippen LogP contribution >= 0.6 is 0 Å². The third kappa shape index (κ3) is 3.01. The summed E-state index contributed by atoms with van der Waals surface area (Å²) < 4.78 is 17.1. The molecule has 1 fully saturated rings. The Balaban J connectivity index is 1.79. The summed E-state index contributed by atoms with van der Waals surface area (Å²) in [5, 5.41) is 0. The summed E-state index contributed by atoms with van der Waals surface area (Å²) in [6, 6.07) is 3.99. The standard InChI is InChI=1S/C16H23NO3/c17-8-7-12-9-15-16(19-11-18-15)10-14(12)20-13-5-3-1-2-4-6-13/h9-10,13H,1-8,11,17H2. The molecule has 0 bridgehead atoms. The van der Waals surface area contributed by atoms with Gasteiger partial charge in [-0.1, -0.05) is 12.8 Å². The van der Waals surface area contributed by atoms with E-state index in [1.54, 1.807) is 0 Å². The van der Waals surface area contributed by atoms with E-state index in [1.165, 1.54) is 25.7 Å². The molecular weight excluding hydrogens is 254 g/mol. The first kappa shape index (κ1) is 13.6. The van der Waals surface area contributed by atoms with Crippen molar-refractivity contribution >= 4 is 0 Å². The Hall–Kier alpha value is -1.42. The second-order valence-electron chi connectivity index (χ2n) is 5.58. The van der Waals surface area contributed by atoms with Gasteiger partial charge in [0.25, 0.3) is 0 Å². The van der Waals surface area contributed by atoms with Crippen LogP contribution in [0.1, 0.15) is 44.1 Å². The van der Waals surface area contributed by atoms with E-state index in [-0.39, 0.29) is 0 Å². The number of nitrogens with two attached hydrogens (primary N) is 1. The van der Waals surface area contributed by atoms with E-state index in [1.807, 2.05) is 12.1 Å². The molecule has 0 atom stereocenters. The van der Waals surface area contributed by atoms with E-state index >= 15 is 0 Å². The topological polar surface area (TPSA) is 53.7 Å². The fraction of sp³-hybridized carbons (Fsp3) is 0.625. The summed E-state index contributed by atoms with van der Waals surface area (Å²) in [5.74, 6) is 2.52. The minimum Gasteiger partial charge on any atom is -0.490 e. The molecule has 3 rings (SSSR count). The smallest absolute Gasteiger partial charge is 0.231 e. The van der Waals surface area contributed by atoms with Crippen LogP contribution in [-0.4, -0.2) is 19.4 Å². The Kier molecular flexibility index (Phi) is 4.31. The second-order valence-corrected chi connectivity index (χ2v) is 5.58. The van der Waals surface area contributed by atoms with E-state index in [9.17, 15) is 0 Å². The van der Waals surface area contributed by atoms with Gasteiger partial charge < -0.3 is 19.9 Å².